The third-order valence-electron chi connectivity index (χ3n) is 4.73. The number of carbonyl (C=O) groups excluding carboxylic acids is 1. The van der Waals surface area contributed by atoms with E-state index in [1.165, 1.54) is 28.6 Å². The molecule has 2 aliphatic heterocycles. The highest BCUT2D eigenvalue weighted by Gasteiger charge is 2.31. The van der Waals surface area contributed by atoms with Crippen LogP contribution < -0.4 is 4.90 Å². The molecule has 1 aromatic rings. The molecule has 0 unspecified atom stereocenters. The standard InChI is InChI=1S/C19H22N2OS2/c1-6-21-17(22)16(24-18(21)23)10-13-7-8-15-14(9-13)12(2)11-19(3,4)20(15)5/h7-11H,6H2,1-5H3/b16-10-. The summed E-state index contributed by atoms with van der Waals surface area (Å²) in [6.07, 6.45) is 4.23. The van der Waals surface area contributed by atoms with Crippen LogP contribution in [-0.2, 0) is 4.79 Å². The third kappa shape index (κ3) is 2.80. The number of anilines is 1. The van der Waals surface area contributed by atoms with Crippen LogP contribution in [0.3, 0.4) is 0 Å². The van der Waals surface area contributed by atoms with Crippen LogP contribution in [0.2, 0.25) is 0 Å². The Morgan fingerprint density at radius 3 is 2.67 bits per heavy atom. The number of hydrogen-bond acceptors (Lipinski definition) is 4. The van der Waals surface area contributed by atoms with E-state index in [4.69, 9.17) is 12.2 Å². The molecule has 0 atom stereocenters. The van der Waals surface area contributed by atoms with E-state index < -0.39 is 0 Å². The van der Waals surface area contributed by atoms with E-state index in [2.05, 4.69) is 57.0 Å². The van der Waals surface area contributed by atoms with Gasteiger partial charge in [-0.3, -0.25) is 9.69 Å². The van der Waals surface area contributed by atoms with Gasteiger partial charge in [-0.05, 0) is 57.0 Å². The first kappa shape index (κ1) is 17.2. The second kappa shape index (κ2) is 6.05. The number of rotatable bonds is 2. The van der Waals surface area contributed by atoms with Gasteiger partial charge in [-0.15, -0.1) is 0 Å². The molecule has 0 bridgehead atoms. The molecule has 1 saturated heterocycles. The number of amides is 1. The Morgan fingerprint density at radius 1 is 1.33 bits per heavy atom. The monoisotopic (exact) mass is 358 g/mol. The van der Waals surface area contributed by atoms with Crippen molar-refractivity contribution in [2.45, 2.75) is 33.2 Å². The molecular formula is C19H22N2OS2. The molecule has 0 aliphatic carbocycles. The summed E-state index contributed by atoms with van der Waals surface area (Å²) in [4.78, 5) is 17.0. The van der Waals surface area contributed by atoms with Crippen LogP contribution in [0, 0.1) is 0 Å². The van der Waals surface area contributed by atoms with E-state index >= 15 is 0 Å². The van der Waals surface area contributed by atoms with Gasteiger partial charge in [-0.25, -0.2) is 0 Å². The normalized spacial score (nSPS) is 21.4. The van der Waals surface area contributed by atoms with E-state index in [1.54, 1.807) is 4.90 Å². The number of benzene rings is 1. The summed E-state index contributed by atoms with van der Waals surface area (Å²) in [5, 5.41) is 0. The van der Waals surface area contributed by atoms with Gasteiger partial charge in [0.2, 0.25) is 0 Å². The average Bonchev–Trinajstić information content (AvgIpc) is 2.78. The summed E-state index contributed by atoms with van der Waals surface area (Å²) in [6.45, 7) is 9.13. The third-order valence-corrected chi connectivity index (χ3v) is 6.11. The molecule has 1 fully saturated rings. The molecule has 2 heterocycles. The topological polar surface area (TPSA) is 23.6 Å². The number of allylic oxidation sites excluding steroid dienone is 1. The number of thiocarbonyl (C=S) groups is 1. The van der Waals surface area contributed by atoms with Crippen molar-refractivity contribution < 1.29 is 4.79 Å². The number of thioether (sulfide) groups is 1. The van der Waals surface area contributed by atoms with Gasteiger partial charge >= 0.3 is 0 Å². The number of carbonyl (C=O) groups is 1. The summed E-state index contributed by atoms with van der Waals surface area (Å²) < 4.78 is 0.643. The lowest BCUT2D eigenvalue weighted by Gasteiger charge is -2.40. The zero-order valence-electron chi connectivity index (χ0n) is 14.7. The molecule has 0 spiro atoms. The summed E-state index contributed by atoms with van der Waals surface area (Å²) >= 11 is 6.66. The first-order valence-corrected chi connectivity index (χ1v) is 9.30. The van der Waals surface area contributed by atoms with E-state index in [-0.39, 0.29) is 11.4 Å². The molecular weight excluding hydrogens is 336 g/mol. The first-order chi connectivity index (χ1) is 11.2. The van der Waals surface area contributed by atoms with E-state index in [1.807, 2.05) is 13.0 Å². The Hall–Kier alpha value is -1.59. The van der Waals surface area contributed by atoms with E-state index in [9.17, 15) is 4.79 Å². The lowest BCUT2D eigenvalue weighted by atomic mass is 9.88. The van der Waals surface area contributed by atoms with Crippen molar-refractivity contribution in [3.63, 3.8) is 0 Å². The number of likely N-dealkylation sites (N-methyl/N-ethyl adjacent to an activating group) is 2. The summed E-state index contributed by atoms with van der Waals surface area (Å²) in [6, 6.07) is 6.37. The largest absolute Gasteiger partial charge is 0.366 e. The lowest BCUT2D eigenvalue weighted by Crippen LogP contribution is -2.42. The van der Waals surface area contributed by atoms with Crippen molar-refractivity contribution in [1.82, 2.24) is 4.90 Å². The SMILES string of the molecule is CCN1C(=O)/C(=C/c2ccc3c(c2)C(C)=CC(C)(C)N3C)SC1=S. The zero-order chi connectivity index (χ0) is 17.6. The second-order valence-corrected chi connectivity index (χ2v) is 8.42. The predicted molar refractivity (Wildman–Crippen MR) is 108 cm³/mol. The fourth-order valence-electron chi connectivity index (χ4n) is 3.19. The van der Waals surface area contributed by atoms with Gasteiger partial charge in [0.25, 0.3) is 5.91 Å². The molecule has 126 valence electrons. The fourth-order valence-corrected chi connectivity index (χ4v) is 4.57. The van der Waals surface area contributed by atoms with Crippen molar-refractivity contribution in [2.24, 2.45) is 0 Å². The minimum absolute atomic E-state index is 0.00213. The van der Waals surface area contributed by atoms with Crippen LogP contribution in [0.4, 0.5) is 5.69 Å². The van der Waals surface area contributed by atoms with Crippen molar-refractivity contribution in [1.29, 1.82) is 0 Å². The predicted octanol–water partition coefficient (Wildman–Crippen LogP) is 4.54. The minimum atomic E-state index is 0.00213. The average molecular weight is 359 g/mol. The van der Waals surface area contributed by atoms with Crippen LogP contribution in [0.1, 0.15) is 38.8 Å². The van der Waals surface area contributed by atoms with Crippen LogP contribution in [-0.4, -0.2) is 34.3 Å². The van der Waals surface area contributed by atoms with Gasteiger partial charge in [-0.1, -0.05) is 36.1 Å². The summed E-state index contributed by atoms with van der Waals surface area (Å²) in [5.41, 5.74) is 4.74. The smallest absolute Gasteiger partial charge is 0.266 e. The summed E-state index contributed by atoms with van der Waals surface area (Å²) in [5.74, 6) is 0.00994. The Morgan fingerprint density at radius 2 is 2.04 bits per heavy atom. The lowest BCUT2D eigenvalue weighted by molar-refractivity contribution is -0.121. The molecule has 1 amide bonds. The first-order valence-electron chi connectivity index (χ1n) is 8.07. The number of fused-ring (bicyclic) bond motifs is 1. The highest BCUT2D eigenvalue weighted by Crippen LogP contribution is 2.39. The van der Waals surface area contributed by atoms with Gasteiger partial charge in [0.1, 0.15) is 4.32 Å². The Kier molecular flexibility index (Phi) is 4.34. The van der Waals surface area contributed by atoms with Gasteiger partial charge in [0, 0.05) is 24.8 Å². The molecule has 5 heteroatoms. The Balaban J connectivity index is 1.99. The molecule has 0 saturated carbocycles. The molecule has 3 nitrogen and oxygen atoms in total. The number of hydrogen-bond donors (Lipinski definition) is 0. The molecule has 24 heavy (non-hydrogen) atoms. The summed E-state index contributed by atoms with van der Waals surface area (Å²) in [7, 11) is 2.12. The van der Waals surface area contributed by atoms with Gasteiger partial charge in [-0.2, -0.15) is 0 Å². The van der Waals surface area contributed by atoms with Crippen molar-refractivity contribution in [2.75, 3.05) is 18.5 Å². The maximum absolute atomic E-state index is 12.4. The maximum atomic E-state index is 12.4. The van der Waals surface area contributed by atoms with Crippen LogP contribution in [0.5, 0.6) is 0 Å². The second-order valence-electron chi connectivity index (χ2n) is 6.74. The van der Waals surface area contributed by atoms with Gasteiger partial charge in [0.15, 0.2) is 0 Å². The highest BCUT2D eigenvalue weighted by atomic mass is 32.2. The van der Waals surface area contributed by atoms with Crippen molar-refractivity contribution in [3.8, 4) is 0 Å². The molecule has 0 radical (unpaired) electrons. The molecule has 1 aromatic carbocycles. The van der Waals surface area contributed by atoms with E-state index in [0.717, 1.165) is 5.56 Å². The molecule has 2 aliphatic rings. The van der Waals surface area contributed by atoms with Gasteiger partial charge < -0.3 is 4.90 Å². The Bertz CT molecular complexity index is 793. The maximum Gasteiger partial charge on any atom is 0.266 e. The Labute approximate surface area is 153 Å². The quantitative estimate of drug-likeness (QED) is 0.572. The number of nitrogens with zero attached hydrogens (tertiary/aromatic N) is 2. The van der Waals surface area contributed by atoms with Crippen LogP contribution >= 0.6 is 24.0 Å². The van der Waals surface area contributed by atoms with Crippen LogP contribution in [0.25, 0.3) is 11.6 Å². The van der Waals surface area contributed by atoms with Crippen molar-refractivity contribution >= 4 is 51.5 Å². The van der Waals surface area contributed by atoms with Crippen LogP contribution in [0.15, 0.2) is 29.2 Å². The molecule has 3 rings (SSSR count). The van der Waals surface area contributed by atoms with E-state index in [0.29, 0.717) is 15.8 Å². The minimum Gasteiger partial charge on any atom is -0.366 e. The van der Waals surface area contributed by atoms with Crippen molar-refractivity contribution in [3.05, 3.63) is 40.3 Å². The molecule has 0 aromatic heterocycles. The highest BCUT2D eigenvalue weighted by molar-refractivity contribution is 8.26. The molecule has 0 N–H and O–H groups in total. The zero-order valence-corrected chi connectivity index (χ0v) is 16.3. The fraction of sp³-hybridized carbons (Fsp3) is 0.368. The van der Waals surface area contributed by atoms with Gasteiger partial charge in [0.05, 0.1) is 10.4 Å².